The predicted octanol–water partition coefficient (Wildman–Crippen LogP) is 2.10. The second kappa shape index (κ2) is 6.43. The first-order valence-corrected chi connectivity index (χ1v) is 6.57. The van der Waals surface area contributed by atoms with Gasteiger partial charge < -0.3 is 15.2 Å². The van der Waals surface area contributed by atoms with Crippen LogP contribution >= 0.6 is 11.6 Å². The molecule has 0 bridgehead atoms. The van der Waals surface area contributed by atoms with Gasteiger partial charge in [0.15, 0.2) is 0 Å². The Kier molecular flexibility index (Phi) is 4.63. The lowest BCUT2D eigenvalue weighted by Crippen LogP contribution is -2.29. The fraction of sp³-hybridized carbons (Fsp3) is 0.286. The van der Waals surface area contributed by atoms with E-state index in [1.165, 1.54) is 0 Å². The molecule has 0 spiro atoms. The summed E-state index contributed by atoms with van der Waals surface area (Å²) in [6, 6.07) is 5.22. The molecule has 0 aromatic heterocycles. The average Bonchev–Trinajstić information content (AvgIpc) is 2.42. The number of aliphatic carboxylic acids is 1. The van der Waals surface area contributed by atoms with Crippen LogP contribution in [0.25, 0.3) is 6.08 Å². The SMILES string of the molecule is O=C(O)CCCNC(=O)C1=Cc2cc(Cl)ccc2OC1. The standard InChI is InChI=1S/C14H14ClNO4/c15-11-3-4-12-9(7-11)6-10(8-20-12)14(19)16-5-1-2-13(17)18/h3-4,6-7H,1-2,5,8H2,(H,16,19)(H,17,18). The van der Waals surface area contributed by atoms with E-state index in [4.69, 9.17) is 21.4 Å². The molecular weight excluding hydrogens is 282 g/mol. The van der Waals surface area contributed by atoms with Crippen LogP contribution in [0.1, 0.15) is 18.4 Å². The van der Waals surface area contributed by atoms with E-state index in [0.29, 0.717) is 29.3 Å². The molecule has 1 aliphatic rings. The highest BCUT2D eigenvalue weighted by Crippen LogP contribution is 2.28. The fourth-order valence-electron chi connectivity index (χ4n) is 1.83. The Hall–Kier alpha value is -2.01. The van der Waals surface area contributed by atoms with Crippen LogP contribution in [0.5, 0.6) is 5.75 Å². The van der Waals surface area contributed by atoms with Crippen molar-refractivity contribution in [2.75, 3.05) is 13.2 Å². The molecule has 2 N–H and O–H groups in total. The molecule has 0 saturated carbocycles. The minimum absolute atomic E-state index is 0.0360. The molecule has 1 amide bonds. The molecule has 20 heavy (non-hydrogen) atoms. The number of carboxylic acid groups (broad SMARTS) is 1. The number of hydrogen-bond donors (Lipinski definition) is 2. The van der Waals surface area contributed by atoms with Crippen molar-refractivity contribution in [3.8, 4) is 5.75 Å². The molecule has 5 nitrogen and oxygen atoms in total. The van der Waals surface area contributed by atoms with E-state index >= 15 is 0 Å². The molecule has 0 radical (unpaired) electrons. The monoisotopic (exact) mass is 295 g/mol. The Labute approximate surface area is 121 Å². The Morgan fingerprint density at radius 3 is 2.95 bits per heavy atom. The Morgan fingerprint density at radius 2 is 2.20 bits per heavy atom. The summed E-state index contributed by atoms with van der Waals surface area (Å²) in [5.41, 5.74) is 1.26. The second-order valence-electron chi connectivity index (χ2n) is 4.39. The highest BCUT2D eigenvalue weighted by molar-refractivity contribution is 6.30. The molecule has 1 aromatic rings. The van der Waals surface area contributed by atoms with E-state index in [-0.39, 0.29) is 18.9 Å². The quantitative estimate of drug-likeness (QED) is 0.816. The predicted molar refractivity (Wildman–Crippen MR) is 74.8 cm³/mol. The number of rotatable bonds is 5. The minimum atomic E-state index is -0.872. The van der Waals surface area contributed by atoms with Gasteiger partial charge >= 0.3 is 5.97 Å². The molecule has 0 saturated heterocycles. The number of hydrogen-bond acceptors (Lipinski definition) is 3. The summed E-state index contributed by atoms with van der Waals surface area (Å²) in [7, 11) is 0. The zero-order valence-electron chi connectivity index (χ0n) is 10.7. The molecule has 1 aromatic carbocycles. The molecule has 0 fully saturated rings. The molecule has 106 valence electrons. The van der Waals surface area contributed by atoms with Crippen LogP contribution in [0.4, 0.5) is 0 Å². The van der Waals surface area contributed by atoms with E-state index in [1.807, 2.05) is 0 Å². The van der Waals surface area contributed by atoms with Crippen LogP contribution in [0, 0.1) is 0 Å². The summed E-state index contributed by atoms with van der Waals surface area (Å²) in [5.74, 6) is -0.430. The number of halogens is 1. The summed E-state index contributed by atoms with van der Waals surface area (Å²) in [4.78, 5) is 22.3. The first-order valence-electron chi connectivity index (χ1n) is 6.19. The van der Waals surface area contributed by atoms with Crippen molar-refractivity contribution in [1.82, 2.24) is 5.32 Å². The highest BCUT2D eigenvalue weighted by atomic mass is 35.5. The lowest BCUT2D eigenvalue weighted by Gasteiger charge is -2.17. The Morgan fingerprint density at radius 1 is 1.40 bits per heavy atom. The fourth-order valence-corrected chi connectivity index (χ4v) is 2.02. The van der Waals surface area contributed by atoms with Gasteiger partial charge in [-0.1, -0.05) is 11.6 Å². The highest BCUT2D eigenvalue weighted by Gasteiger charge is 2.17. The smallest absolute Gasteiger partial charge is 0.303 e. The zero-order valence-corrected chi connectivity index (χ0v) is 11.4. The lowest BCUT2D eigenvalue weighted by atomic mass is 10.1. The van der Waals surface area contributed by atoms with Crippen molar-refractivity contribution in [2.24, 2.45) is 0 Å². The van der Waals surface area contributed by atoms with Crippen LogP contribution in [-0.4, -0.2) is 30.1 Å². The normalized spacial score (nSPS) is 12.9. The van der Waals surface area contributed by atoms with E-state index in [1.54, 1.807) is 24.3 Å². The Bertz CT molecular complexity index is 568. The molecule has 0 aliphatic carbocycles. The van der Waals surface area contributed by atoms with Crippen LogP contribution in [0.2, 0.25) is 5.02 Å². The number of benzene rings is 1. The third kappa shape index (κ3) is 3.74. The van der Waals surface area contributed by atoms with Crippen molar-refractivity contribution in [3.05, 3.63) is 34.4 Å². The van der Waals surface area contributed by atoms with Crippen molar-refractivity contribution in [1.29, 1.82) is 0 Å². The molecule has 0 atom stereocenters. The zero-order chi connectivity index (χ0) is 14.5. The van der Waals surface area contributed by atoms with Crippen LogP contribution in [0.3, 0.4) is 0 Å². The van der Waals surface area contributed by atoms with Gasteiger partial charge in [-0.3, -0.25) is 9.59 Å². The maximum absolute atomic E-state index is 11.9. The van der Waals surface area contributed by atoms with Gasteiger partial charge in [0.05, 0.1) is 5.57 Å². The summed E-state index contributed by atoms with van der Waals surface area (Å²) >= 11 is 5.90. The van der Waals surface area contributed by atoms with E-state index in [0.717, 1.165) is 5.56 Å². The van der Waals surface area contributed by atoms with Crippen molar-refractivity contribution < 1.29 is 19.4 Å². The van der Waals surface area contributed by atoms with Gasteiger partial charge in [-0.15, -0.1) is 0 Å². The molecule has 6 heteroatoms. The van der Waals surface area contributed by atoms with Gasteiger partial charge in [-0.2, -0.15) is 0 Å². The van der Waals surface area contributed by atoms with Crippen LogP contribution in [0.15, 0.2) is 23.8 Å². The van der Waals surface area contributed by atoms with Crippen molar-refractivity contribution in [2.45, 2.75) is 12.8 Å². The Balaban J connectivity index is 1.96. The van der Waals surface area contributed by atoms with Gasteiger partial charge in [0, 0.05) is 23.6 Å². The summed E-state index contributed by atoms with van der Waals surface area (Å²) in [5, 5.41) is 11.8. The number of amides is 1. The van der Waals surface area contributed by atoms with Crippen LogP contribution in [-0.2, 0) is 9.59 Å². The largest absolute Gasteiger partial charge is 0.488 e. The van der Waals surface area contributed by atoms with Gasteiger partial charge in [-0.25, -0.2) is 0 Å². The average molecular weight is 296 g/mol. The van der Waals surface area contributed by atoms with E-state index in [9.17, 15) is 9.59 Å². The van der Waals surface area contributed by atoms with Crippen molar-refractivity contribution >= 4 is 29.6 Å². The van der Waals surface area contributed by atoms with E-state index in [2.05, 4.69) is 5.32 Å². The summed E-state index contributed by atoms with van der Waals surface area (Å²) in [6.45, 7) is 0.518. The number of carbonyl (C=O) groups is 2. The minimum Gasteiger partial charge on any atom is -0.488 e. The summed E-state index contributed by atoms with van der Waals surface area (Å²) in [6.07, 6.45) is 2.17. The first-order chi connectivity index (χ1) is 9.56. The number of fused-ring (bicyclic) bond motifs is 1. The molecule has 0 unspecified atom stereocenters. The molecule has 1 heterocycles. The molecule has 2 rings (SSSR count). The lowest BCUT2D eigenvalue weighted by molar-refractivity contribution is -0.137. The van der Waals surface area contributed by atoms with Gasteiger partial charge in [-0.05, 0) is 30.7 Å². The molecular formula is C14H14ClNO4. The van der Waals surface area contributed by atoms with E-state index < -0.39 is 5.97 Å². The second-order valence-corrected chi connectivity index (χ2v) is 4.83. The number of ether oxygens (including phenoxy) is 1. The topological polar surface area (TPSA) is 75.6 Å². The van der Waals surface area contributed by atoms with Crippen molar-refractivity contribution in [3.63, 3.8) is 0 Å². The number of nitrogens with one attached hydrogen (secondary N) is 1. The number of carboxylic acids is 1. The maximum Gasteiger partial charge on any atom is 0.303 e. The maximum atomic E-state index is 11.9. The third-order valence-electron chi connectivity index (χ3n) is 2.83. The van der Waals surface area contributed by atoms with Gasteiger partial charge in [0.2, 0.25) is 0 Å². The first kappa shape index (κ1) is 14.4. The summed E-state index contributed by atoms with van der Waals surface area (Å²) < 4.78 is 5.47. The molecule has 1 aliphatic heterocycles. The third-order valence-corrected chi connectivity index (χ3v) is 3.06. The van der Waals surface area contributed by atoms with Crippen LogP contribution < -0.4 is 10.1 Å². The van der Waals surface area contributed by atoms with Gasteiger partial charge in [0.25, 0.3) is 5.91 Å². The number of carbonyl (C=O) groups excluding carboxylic acids is 1. The van der Waals surface area contributed by atoms with Gasteiger partial charge in [0.1, 0.15) is 12.4 Å².